The number of carbonyl (C=O) groups excluding carboxylic acids is 1. The summed E-state index contributed by atoms with van der Waals surface area (Å²) in [6.07, 6.45) is 0. The Morgan fingerprint density at radius 2 is 1.79 bits per heavy atom. The maximum absolute atomic E-state index is 12.9. The van der Waals surface area contributed by atoms with Gasteiger partial charge < -0.3 is 14.4 Å². The number of piperazine rings is 1. The van der Waals surface area contributed by atoms with Gasteiger partial charge >= 0.3 is 0 Å². The van der Waals surface area contributed by atoms with Crippen molar-refractivity contribution >= 4 is 5.91 Å². The Labute approximate surface area is 163 Å². The van der Waals surface area contributed by atoms with Gasteiger partial charge in [0.05, 0.1) is 11.6 Å². The zero-order valence-corrected chi connectivity index (χ0v) is 15.5. The van der Waals surface area contributed by atoms with Crippen LogP contribution in [0.3, 0.4) is 0 Å². The number of nitriles is 1. The molecule has 28 heavy (non-hydrogen) atoms. The number of amides is 1. The molecule has 0 aromatic heterocycles. The Morgan fingerprint density at radius 3 is 2.50 bits per heavy atom. The SMILES string of the molecule is N#Cc1cccc(OCCN2CCN(C(=O)COc3ccc(F)cc3)CC2)c1. The summed E-state index contributed by atoms with van der Waals surface area (Å²) in [5, 5.41) is 8.90. The van der Waals surface area contributed by atoms with Crippen molar-refractivity contribution in [3.63, 3.8) is 0 Å². The Hall–Kier alpha value is -3.11. The van der Waals surface area contributed by atoms with Crippen LogP contribution in [0.5, 0.6) is 11.5 Å². The highest BCUT2D eigenvalue weighted by Crippen LogP contribution is 2.13. The molecule has 1 heterocycles. The molecule has 1 fully saturated rings. The van der Waals surface area contributed by atoms with Crippen LogP contribution >= 0.6 is 0 Å². The molecular formula is C21H22FN3O3. The first-order valence-electron chi connectivity index (χ1n) is 9.15. The number of hydrogen-bond donors (Lipinski definition) is 0. The molecule has 1 aliphatic rings. The second-order valence-electron chi connectivity index (χ2n) is 6.45. The van der Waals surface area contributed by atoms with E-state index in [9.17, 15) is 9.18 Å². The smallest absolute Gasteiger partial charge is 0.260 e. The first-order chi connectivity index (χ1) is 13.6. The first-order valence-corrected chi connectivity index (χ1v) is 9.15. The van der Waals surface area contributed by atoms with Crippen molar-refractivity contribution in [3.05, 3.63) is 59.9 Å². The molecule has 0 atom stereocenters. The molecule has 0 aliphatic carbocycles. The van der Waals surface area contributed by atoms with E-state index in [0.717, 1.165) is 19.6 Å². The van der Waals surface area contributed by atoms with Gasteiger partial charge in [-0.05, 0) is 42.5 Å². The third-order valence-corrected chi connectivity index (χ3v) is 4.54. The van der Waals surface area contributed by atoms with Gasteiger partial charge in [-0.2, -0.15) is 5.26 Å². The molecule has 0 saturated carbocycles. The predicted molar refractivity (Wildman–Crippen MR) is 102 cm³/mol. The number of carbonyl (C=O) groups is 1. The van der Waals surface area contributed by atoms with Crippen molar-refractivity contribution in [2.45, 2.75) is 0 Å². The summed E-state index contributed by atoms with van der Waals surface area (Å²) >= 11 is 0. The molecule has 146 valence electrons. The highest BCUT2D eigenvalue weighted by Gasteiger charge is 2.21. The molecule has 0 N–H and O–H groups in total. The summed E-state index contributed by atoms with van der Waals surface area (Å²) < 4.78 is 24.0. The fraction of sp³-hybridized carbons (Fsp3) is 0.333. The van der Waals surface area contributed by atoms with Crippen LogP contribution < -0.4 is 9.47 Å². The van der Waals surface area contributed by atoms with Crippen LogP contribution in [0.15, 0.2) is 48.5 Å². The van der Waals surface area contributed by atoms with Crippen LogP contribution in [-0.2, 0) is 4.79 Å². The van der Waals surface area contributed by atoms with E-state index in [1.807, 2.05) is 6.07 Å². The molecule has 0 unspecified atom stereocenters. The van der Waals surface area contributed by atoms with E-state index in [1.165, 1.54) is 24.3 Å². The monoisotopic (exact) mass is 383 g/mol. The molecule has 0 spiro atoms. The summed E-state index contributed by atoms with van der Waals surface area (Å²) in [6.45, 7) is 4.03. The molecule has 1 amide bonds. The lowest BCUT2D eigenvalue weighted by atomic mass is 10.2. The minimum Gasteiger partial charge on any atom is -0.492 e. The van der Waals surface area contributed by atoms with Crippen molar-refractivity contribution in [2.24, 2.45) is 0 Å². The summed E-state index contributed by atoms with van der Waals surface area (Å²) in [4.78, 5) is 16.3. The van der Waals surface area contributed by atoms with Gasteiger partial charge in [0.2, 0.25) is 0 Å². The van der Waals surface area contributed by atoms with E-state index in [2.05, 4.69) is 11.0 Å². The van der Waals surface area contributed by atoms with E-state index >= 15 is 0 Å². The van der Waals surface area contributed by atoms with Gasteiger partial charge in [0, 0.05) is 32.7 Å². The molecule has 6 nitrogen and oxygen atoms in total. The number of ether oxygens (including phenoxy) is 2. The minimum atomic E-state index is -0.337. The molecule has 2 aromatic carbocycles. The third-order valence-electron chi connectivity index (χ3n) is 4.54. The standard InChI is InChI=1S/C21H22FN3O3/c22-18-4-6-19(7-5-18)28-16-21(26)25-10-8-24(9-11-25)12-13-27-20-3-1-2-17(14-20)15-23/h1-7,14H,8-13,16H2. The van der Waals surface area contributed by atoms with E-state index in [0.29, 0.717) is 36.8 Å². The Bertz CT molecular complexity index is 828. The molecule has 1 saturated heterocycles. The van der Waals surface area contributed by atoms with Crippen LogP contribution in [0.1, 0.15) is 5.56 Å². The van der Waals surface area contributed by atoms with Gasteiger partial charge in [0.15, 0.2) is 6.61 Å². The van der Waals surface area contributed by atoms with Crippen molar-refractivity contribution in [1.29, 1.82) is 5.26 Å². The lowest BCUT2D eigenvalue weighted by Gasteiger charge is -2.34. The van der Waals surface area contributed by atoms with E-state index in [-0.39, 0.29) is 18.3 Å². The molecule has 3 rings (SSSR count). The summed E-state index contributed by atoms with van der Waals surface area (Å²) in [5.74, 6) is 0.752. The Kier molecular flexibility index (Phi) is 6.82. The van der Waals surface area contributed by atoms with E-state index in [4.69, 9.17) is 14.7 Å². The summed E-state index contributed by atoms with van der Waals surface area (Å²) in [6, 6.07) is 14.8. The van der Waals surface area contributed by atoms with Gasteiger partial charge in [0.25, 0.3) is 5.91 Å². The highest BCUT2D eigenvalue weighted by molar-refractivity contribution is 5.77. The van der Waals surface area contributed by atoms with E-state index in [1.54, 1.807) is 23.1 Å². The number of halogens is 1. The largest absolute Gasteiger partial charge is 0.492 e. The minimum absolute atomic E-state index is 0.0516. The van der Waals surface area contributed by atoms with Crippen molar-refractivity contribution in [3.8, 4) is 17.6 Å². The first kappa shape index (κ1) is 19.6. The van der Waals surface area contributed by atoms with Crippen molar-refractivity contribution in [1.82, 2.24) is 9.80 Å². The van der Waals surface area contributed by atoms with Crippen LogP contribution in [-0.4, -0.2) is 61.6 Å². The van der Waals surface area contributed by atoms with Crippen molar-refractivity contribution in [2.75, 3.05) is 45.9 Å². The average Bonchev–Trinajstić information content (AvgIpc) is 2.74. The topological polar surface area (TPSA) is 65.8 Å². The van der Waals surface area contributed by atoms with Gasteiger partial charge in [-0.25, -0.2) is 4.39 Å². The summed E-state index contributed by atoms with van der Waals surface area (Å²) in [5.41, 5.74) is 0.576. The second-order valence-corrected chi connectivity index (χ2v) is 6.45. The molecule has 7 heteroatoms. The van der Waals surface area contributed by atoms with Crippen LogP contribution in [0.2, 0.25) is 0 Å². The average molecular weight is 383 g/mol. The number of hydrogen-bond acceptors (Lipinski definition) is 5. The van der Waals surface area contributed by atoms with Gasteiger partial charge in [0.1, 0.15) is 23.9 Å². The predicted octanol–water partition coefficient (Wildman–Crippen LogP) is 2.30. The lowest BCUT2D eigenvalue weighted by Crippen LogP contribution is -2.50. The number of benzene rings is 2. The molecule has 2 aromatic rings. The van der Waals surface area contributed by atoms with Crippen LogP contribution in [0.25, 0.3) is 0 Å². The van der Waals surface area contributed by atoms with Crippen LogP contribution in [0, 0.1) is 17.1 Å². The number of nitrogens with zero attached hydrogens (tertiary/aromatic N) is 3. The highest BCUT2D eigenvalue weighted by atomic mass is 19.1. The van der Waals surface area contributed by atoms with Crippen LogP contribution in [0.4, 0.5) is 4.39 Å². The Morgan fingerprint density at radius 1 is 1.04 bits per heavy atom. The lowest BCUT2D eigenvalue weighted by molar-refractivity contribution is -0.135. The maximum atomic E-state index is 12.9. The summed E-state index contributed by atoms with van der Waals surface area (Å²) in [7, 11) is 0. The Balaban J connectivity index is 1.35. The normalized spacial score (nSPS) is 14.4. The molecule has 0 radical (unpaired) electrons. The maximum Gasteiger partial charge on any atom is 0.260 e. The van der Waals surface area contributed by atoms with Gasteiger partial charge in [-0.15, -0.1) is 0 Å². The fourth-order valence-corrected chi connectivity index (χ4v) is 2.94. The molecule has 1 aliphatic heterocycles. The second kappa shape index (κ2) is 9.72. The zero-order chi connectivity index (χ0) is 19.8. The van der Waals surface area contributed by atoms with Gasteiger partial charge in [-0.3, -0.25) is 9.69 Å². The molecular weight excluding hydrogens is 361 g/mol. The fourth-order valence-electron chi connectivity index (χ4n) is 2.94. The zero-order valence-electron chi connectivity index (χ0n) is 15.5. The third kappa shape index (κ3) is 5.69. The quantitative estimate of drug-likeness (QED) is 0.734. The molecule has 0 bridgehead atoms. The van der Waals surface area contributed by atoms with E-state index < -0.39 is 0 Å². The number of rotatable bonds is 7. The van der Waals surface area contributed by atoms with Gasteiger partial charge in [-0.1, -0.05) is 6.07 Å². The van der Waals surface area contributed by atoms with Crippen molar-refractivity contribution < 1.29 is 18.7 Å².